The van der Waals surface area contributed by atoms with E-state index in [0.717, 1.165) is 19.3 Å². The first-order chi connectivity index (χ1) is 12.0. The van der Waals surface area contributed by atoms with Gasteiger partial charge in [0.2, 0.25) is 0 Å². The second-order valence-corrected chi connectivity index (χ2v) is 6.44. The molecule has 1 saturated carbocycles. The maximum Gasteiger partial charge on any atom is 0.306 e. The Morgan fingerprint density at radius 1 is 1.28 bits per heavy atom. The van der Waals surface area contributed by atoms with Crippen molar-refractivity contribution in [3.63, 3.8) is 0 Å². The first-order valence-corrected chi connectivity index (χ1v) is 8.71. The number of ether oxygens (including phenoxy) is 1. The quantitative estimate of drug-likeness (QED) is 0.459. The van der Waals surface area contributed by atoms with Crippen LogP contribution in [-0.4, -0.2) is 22.9 Å². The Balaban J connectivity index is 1.81. The summed E-state index contributed by atoms with van der Waals surface area (Å²) in [6.45, 7) is 1.46. The van der Waals surface area contributed by atoms with E-state index in [1.807, 2.05) is 0 Å². The lowest BCUT2D eigenvalue weighted by molar-refractivity contribution is -0.383. The van der Waals surface area contributed by atoms with E-state index in [1.165, 1.54) is 44.4 Å². The molecule has 0 bridgehead atoms. The van der Waals surface area contributed by atoms with Crippen LogP contribution < -0.4 is 5.32 Å². The zero-order chi connectivity index (χ0) is 18.2. The summed E-state index contributed by atoms with van der Waals surface area (Å²) in [7, 11) is 0. The number of nitro benzene ring substituents is 1. The van der Waals surface area contributed by atoms with Crippen molar-refractivity contribution >= 4 is 23.3 Å². The molecule has 1 fully saturated rings. The van der Waals surface area contributed by atoms with E-state index < -0.39 is 22.9 Å². The molecule has 136 valence electrons. The molecule has 1 aliphatic carbocycles. The molecule has 0 spiro atoms. The molecule has 0 radical (unpaired) electrons. The number of nitrogens with zero attached hydrogens (tertiary/aromatic N) is 1. The van der Waals surface area contributed by atoms with Gasteiger partial charge >= 0.3 is 5.97 Å². The number of carbonyl (C=O) groups is 2. The molecule has 25 heavy (non-hydrogen) atoms. The number of esters is 1. The molecule has 7 nitrogen and oxygen atoms in total. The Kier molecular flexibility index (Phi) is 6.91. The second-order valence-electron chi connectivity index (χ2n) is 6.44. The average Bonchev–Trinajstić information content (AvgIpc) is 2.61. The van der Waals surface area contributed by atoms with Crippen molar-refractivity contribution in [2.75, 3.05) is 5.32 Å². The molecule has 1 aliphatic rings. The van der Waals surface area contributed by atoms with Gasteiger partial charge in [-0.1, -0.05) is 44.2 Å². The minimum atomic E-state index is -1.00. The SMILES string of the molecule is C[C@H](OC(=O)CCC1CCCCC1)C(=O)Nc1ccccc1[N+](=O)[O-]. The fraction of sp³-hybridized carbons (Fsp3) is 0.556. The summed E-state index contributed by atoms with van der Waals surface area (Å²) in [5, 5.41) is 13.4. The second kappa shape index (κ2) is 9.15. The van der Waals surface area contributed by atoms with Gasteiger partial charge in [0.25, 0.3) is 11.6 Å². The summed E-state index contributed by atoms with van der Waals surface area (Å²) in [5.74, 6) is -0.423. The van der Waals surface area contributed by atoms with Crippen molar-refractivity contribution in [1.29, 1.82) is 0 Å². The number of nitrogens with one attached hydrogen (secondary N) is 1. The summed E-state index contributed by atoms with van der Waals surface area (Å²) >= 11 is 0. The van der Waals surface area contributed by atoms with Crippen LogP contribution in [-0.2, 0) is 14.3 Å². The van der Waals surface area contributed by atoms with E-state index in [4.69, 9.17) is 4.74 Å². The van der Waals surface area contributed by atoms with Crippen molar-refractivity contribution in [3.05, 3.63) is 34.4 Å². The van der Waals surface area contributed by atoms with Crippen LogP contribution in [0.1, 0.15) is 51.9 Å². The number of nitro groups is 1. The number of hydrogen-bond acceptors (Lipinski definition) is 5. The zero-order valence-corrected chi connectivity index (χ0v) is 14.4. The fourth-order valence-electron chi connectivity index (χ4n) is 3.08. The van der Waals surface area contributed by atoms with Gasteiger partial charge in [0.15, 0.2) is 6.10 Å². The number of rotatable bonds is 7. The molecule has 1 aromatic rings. The lowest BCUT2D eigenvalue weighted by atomic mass is 9.86. The summed E-state index contributed by atoms with van der Waals surface area (Å²) in [4.78, 5) is 34.4. The highest BCUT2D eigenvalue weighted by Gasteiger charge is 2.22. The lowest BCUT2D eigenvalue weighted by Crippen LogP contribution is -2.30. The zero-order valence-electron chi connectivity index (χ0n) is 14.4. The molecule has 7 heteroatoms. The van der Waals surface area contributed by atoms with Gasteiger partial charge in [-0.25, -0.2) is 0 Å². The molecule has 0 unspecified atom stereocenters. The normalized spacial score (nSPS) is 16.0. The highest BCUT2D eigenvalue weighted by atomic mass is 16.6. The summed E-state index contributed by atoms with van der Waals surface area (Å²) < 4.78 is 5.15. The predicted octanol–water partition coefficient (Wildman–Crippen LogP) is 3.83. The number of hydrogen-bond donors (Lipinski definition) is 1. The highest BCUT2D eigenvalue weighted by molar-refractivity contribution is 5.96. The molecule has 1 atom stereocenters. The smallest absolute Gasteiger partial charge is 0.306 e. The maximum atomic E-state index is 12.1. The molecular weight excluding hydrogens is 324 g/mol. The predicted molar refractivity (Wildman–Crippen MR) is 93.1 cm³/mol. The van der Waals surface area contributed by atoms with Crippen molar-refractivity contribution in [1.82, 2.24) is 0 Å². The van der Waals surface area contributed by atoms with Crippen LogP contribution in [0.15, 0.2) is 24.3 Å². The molecular formula is C18H24N2O5. The standard InChI is InChI=1S/C18H24N2O5/c1-13(25-17(21)12-11-14-7-3-2-4-8-14)18(22)19-15-9-5-6-10-16(15)20(23)24/h5-6,9-10,13-14H,2-4,7-8,11-12H2,1H3,(H,19,22)/t13-/m0/s1. The monoisotopic (exact) mass is 348 g/mol. The first-order valence-electron chi connectivity index (χ1n) is 8.71. The van der Waals surface area contributed by atoms with Gasteiger partial charge in [0.1, 0.15) is 5.69 Å². The van der Waals surface area contributed by atoms with Crippen LogP contribution in [0.3, 0.4) is 0 Å². The van der Waals surface area contributed by atoms with E-state index in [2.05, 4.69) is 5.32 Å². The van der Waals surface area contributed by atoms with Crippen molar-refractivity contribution in [3.8, 4) is 0 Å². The first kappa shape index (κ1) is 18.9. The van der Waals surface area contributed by atoms with Gasteiger partial charge in [-0.2, -0.15) is 0 Å². The van der Waals surface area contributed by atoms with Crippen LogP contribution in [0.25, 0.3) is 0 Å². The lowest BCUT2D eigenvalue weighted by Gasteiger charge is -2.21. The molecule has 1 amide bonds. The molecule has 0 saturated heterocycles. The third-order valence-corrected chi connectivity index (χ3v) is 4.52. The van der Waals surface area contributed by atoms with Crippen LogP contribution in [0.4, 0.5) is 11.4 Å². The topological polar surface area (TPSA) is 98.5 Å². The fourth-order valence-corrected chi connectivity index (χ4v) is 3.08. The molecule has 0 aliphatic heterocycles. The Hall–Kier alpha value is -2.44. The molecule has 1 aromatic carbocycles. The van der Waals surface area contributed by atoms with Gasteiger partial charge in [-0.3, -0.25) is 19.7 Å². The van der Waals surface area contributed by atoms with E-state index >= 15 is 0 Å². The van der Waals surface area contributed by atoms with Gasteiger partial charge in [-0.15, -0.1) is 0 Å². The van der Waals surface area contributed by atoms with Gasteiger partial charge in [0.05, 0.1) is 4.92 Å². The van der Waals surface area contributed by atoms with E-state index in [1.54, 1.807) is 6.07 Å². The largest absolute Gasteiger partial charge is 0.453 e. The van der Waals surface area contributed by atoms with Gasteiger partial charge in [-0.05, 0) is 25.3 Å². The van der Waals surface area contributed by atoms with Crippen molar-refractivity contribution < 1.29 is 19.2 Å². The number of amides is 1. The third kappa shape index (κ3) is 5.85. The molecule has 0 aromatic heterocycles. The van der Waals surface area contributed by atoms with Gasteiger partial charge in [0, 0.05) is 12.5 Å². The average molecular weight is 348 g/mol. The van der Waals surface area contributed by atoms with Crippen LogP contribution >= 0.6 is 0 Å². The van der Waals surface area contributed by atoms with E-state index in [0.29, 0.717) is 12.3 Å². The van der Waals surface area contributed by atoms with Crippen LogP contribution in [0.5, 0.6) is 0 Å². The van der Waals surface area contributed by atoms with Crippen LogP contribution in [0, 0.1) is 16.0 Å². The maximum absolute atomic E-state index is 12.1. The Morgan fingerprint density at radius 3 is 2.64 bits per heavy atom. The highest BCUT2D eigenvalue weighted by Crippen LogP contribution is 2.27. The Bertz CT molecular complexity index is 626. The molecule has 1 N–H and O–H groups in total. The number of anilines is 1. The van der Waals surface area contributed by atoms with E-state index in [-0.39, 0.29) is 11.4 Å². The van der Waals surface area contributed by atoms with Crippen molar-refractivity contribution in [2.24, 2.45) is 5.92 Å². The summed E-state index contributed by atoms with van der Waals surface area (Å²) in [6.07, 6.45) is 6.10. The summed E-state index contributed by atoms with van der Waals surface area (Å²) in [6, 6.07) is 5.84. The number of para-hydroxylation sites is 2. The number of carbonyl (C=O) groups excluding carboxylic acids is 2. The minimum Gasteiger partial charge on any atom is -0.453 e. The molecule has 2 rings (SSSR count). The third-order valence-electron chi connectivity index (χ3n) is 4.52. The van der Waals surface area contributed by atoms with Crippen molar-refractivity contribution in [2.45, 2.75) is 58.0 Å². The summed E-state index contributed by atoms with van der Waals surface area (Å²) in [5.41, 5.74) is -0.116. The number of benzene rings is 1. The Labute approximate surface area is 146 Å². The minimum absolute atomic E-state index is 0.0857. The van der Waals surface area contributed by atoms with Gasteiger partial charge < -0.3 is 10.1 Å². The molecule has 0 heterocycles. The Morgan fingerprint density at radius 2 is 1.96 bits per heavy atom. The van der Waals surface area contributed by atoms with E-state index in [9.17, 15) is 19.7 Å². The van der Waals surface area contributed by atoms with Crippen LogP contribution in [0.2, 0.25) is 0 Å².